The highest BCUT2D eigenvalue weighted by Crippen LogP contribution is 2.29. The smallest absolute Gasteiger partial charge is 0.0232 e. The van der Waals surface area contributed by atoms with Crippen molar-refractivity contribution in [2.75, 3.05) is 0 Å². The summed E-state index contributed by atoms with van der Waals surface area (Å²) in [5, 5.41) is 2.22. The van der Waals surface area contributed by atoms with Gasteiger partial charge in [0.1, 0.15) is 0 Å². The summed E-state index contributed by atoms with van der Waals surface area (Å²) in [4.78, 5) is 1.38. The zero-order valence-electron chi connectivity index (χ0n) is 7.21. The first kappa shape index (κ1) is 8.02. The minimum atomic E-state index is 0.292. The van der Waals surface area contributed by atoms with Crippen LogP contribution in [0.1, 0.15) is 23.3 Å². The Kier molecular flexibility index (Phi) is 2.03. The van der Waals surface area contributed by atoms with Crippen LogP contribution in [0.4, 0.5) is 0 Å². The van der Waals surface area contributed by atoms with Crippen LogP contribution in [0.2, 0.25) is 0 Å². The van der Waals surface area contributed by atoms with Gasteiger partial charge >= 0.3 is 0 Å². The molecule has 1 heterocycles. The largest absolute Gasteiger partial charge is 0.324 e. The van der Waals surface area contributed by atoms with Crippen molar-refractivity contribution in [2.24, 2.45) is 5.73 Å². The van der Waals surface area contributed by atoms with E-state index in [0.29, 0.717) is 6.04 Å². The molecule has 0 radical (unpaired) electrons. The second-order valence-electron chi connectivity index (χ2n) is 3.34. The topological polar surface area (TPSA) is 26.0 Å². The van der Waals surface area contributed by atoms with E-state index in [4.69, 9.17) is 5.73 Å². The highest BCUT2D eigenvalue weighted by Gasteiger charge is 2.13. The third-order valence-corrected chi connectivity index (χ3v) is 3.13. The molecular formula is C10H13NS. The lowest BCUT2D eigenvalue weighted by Crippen LogP contribution is -2.11. The van der Waals surface area contributed by atoms with Crippen molar-refractivity contribution in [3.8, 4) is 0 Å². The van der Waals surface area contributed by atoms with Gasteiger partial charge in [0, 0.05) is 10.9 Å². The predicted molar refractivity (Wildman–Crippen MR) is 54.2 cm³/mol. The van der Waals surface area contributed by atoms with Gasteiger partial charge in [-0.15, -0.1) is 11.3 Å². The fraction of sp³-hybridized carbons (Fsp3) is 0.400. The van der Waals surface area contributed by atoms with Gasteiger partial charge in [-0.2, -0.15) is 0 Å². The molecule has 2 heteroatoms. The monoisotopic (exact) mass is 179 g/mol. The molecule has 0 fully saturated rings. The van der Waals surface area contributed by atoms with Gasteiger partial charge in [0.15, 0.2) is 0 Å². The second-order valence-corrected chi connectivity index (χ2v) is 4.46. The van der Waals surface area contributed by atoms with E-state index in [1.54, 1.807) is 0 Å². The molecule has 0 spiro atoms. The average Bonchev–Trinajstić information content (AvgIpc) is 2.58. The molecule has 64 valence electrons. The Labute approximate surface area is 76.9 Å². The van der Waals surface area contributed by atoms with Gasteiger partial charge in [-0.3, -0.25) is 0 Å². The Morgan fingerprint density at radius 3 is 2.92 bits per heavy atom. The van der Waals surface area contributed by atoms with Crippen molar-refractivity contribution >= 4 is 16.9 Å². The van der Waals surface area contributed by atoms with E-state index in [2.05, 4.69) is 24.4 Å². The standard InChI is InChI=1S/C10H13NS/c1-7-4-9(6-12-7)8-2-3-10(11)5-8/h4-6,10H,2-3,11H2,1H3. The molecule has 0 aliphatic heterocycles. The maximum atomic E-state index is 5.80. The molecule has 1 nitrogen and oxygen atoms in total. The van der Waals surface area contributed by atoms with Gasteiger partial charge in [0.05, 0.1) is 0 Å². The van der Waals surface area contributed by atoms with E-state index in [-0.39, 0.29) is 0 Å². The van der Waals surface area contributed by atoms with Gasteiger partial charge < -0.3 is 5.73 Å². The molecule has 2 rings (SSSR count). The first-order valence-corrected chi connectivity index (χ1v) is 5.15. The van der Waals surface area contributed by atoms with Gasteiger partial charge in [0.25, 0.3) is 0 Å². The van der Waals surface area contributed by atoms with Crippen LogP contribution in [-0.2, 0) is 0 Å². The van der Waals surface area contributed by atoms with E-state index in [1.807, 2.05) is 11.3 Å². The van der Waals surface area contributed by atoms with Crippen molar-refractivity contribution in [1.82, 2.24) is 0 Å². The lowest BCUT2D eigenvalue weighted by Gasteiger charge is -1.94. The minimum absolute atomic E-state index is 0.292. The van der Waals surface area contributed by atoms with Crippen molar-refractivity contribution in [2.45, 2.75) is 25.8 Å². The van der Waals surface area contributed by atoms with Gasteiger partial charge in [-0.25, -0.2) is 0 Å². The summed E-state index contributed by atoms with van der Waals surface area (Å²) in [5.41, 5.74) is 8.61. The highest BCUT2D eigenvalue weighted by molar-refractivity contribution is 7.10. The molecule has 0 aromatic carbocycles. The van der Waals surface area contributed by atoms with Crippen LogP contribution >= 0.6 is 11.3 Å². The number of rotatable bonds is 1. The van der Waals surface area contributed by atoms with Crippen LogP contribution in [0.3, 0.4) is 0 Å². The van der Waals surface area contributed by atoms with E-state index in [1.165, 1.54) is 16.0 Å². The van der Waals surface area contributed by atoms with Crippen LogP contribution in [-0.4, -0.2) is 6.04 Å². The summed E-state index contributed by atoms with van der Waals surface area (Å²) in [6.07, 6.45) is 4.46. The Morgan fingerprint density at radius 2 is 2.42 bits per heavy atom. The quantitative estimate of drug-likeness (QED) is 0.704. The van der Waals surface area contributed by atoms with E-state index in [9.17, 15) is 0 Å². The average molecular weight is 179 g/mol. The van der Waals surface area contributed by atoms with Gasteiger partial charge in [-0.05, 0) is 42.3 Å². The van der Waals surface area contributed by atoms with Crippen molar-refractivity contribution in [3.05, 3.63) is 28.0 Å². The lowest BCUT2D eigenvalue weighted by atomic mass is 10.1. The molecule has 1 aromatic rings. The Bertz CT molecular complexity index is 311. The minimum Gasteiger partial charge on any atom is -0.324 e. The first-order valence-electron chi connectivity index (χ1n) is 4.27. The molecule has 2 N–H and O–H groups in total. The fourth-order valence-corrected chi connectivity index (χ4v) is 2.33. The molecule has 0 saturated carbocycles. The predicted octanol–water partition coefficient (Wildman–Crippen LogP) is 2.56. The normalized spacial score (nSPS) is 22.8. The van der Waals surface area contributed by atoms with E-state index >= 15 is 0 Å². The summed E-state index contributed by atoms with van der Waals surface area (Å²) in [7, 11) is 0. The molecule has 1 aliphatic carbocycles. The molecule has 0 amide bonds. The third-order valence-electron chi connectivity index (χ3n) is 2.26. The number of aryl methyl sites for hydroxylation is 1. The Hall–Kier alpha value is -0.600. The van der Waals surface area contributed by atoms with Crippen LogP contribution in [0.15, 0.2) is 17.5 Å². The summed E-state index contributed by atoms with van der Waals surface area (Å²) in [5.74, 6) is 0. The summed E-state index contributed by atoms with van der Waals surface area (Å²) < 4.78 is 0. The van der Waals surface area contributed by atoms with Crippen molar-refractivity contribution in [3.63, 3.8) is 0 Å². The summed E-state index contributed by atoms with van der Waals surface area (Å²) >= 11 is 1.81. The first-order chi connectivity index (χ1) is 5.75. The number of hydrogen-bond acceptors (Lipinski definition) is 2. The SMILES string of the molecule is Cc1cc(C2=CC(N)CC2)cs1. The number of nitrogens with two attached hydrogens (primary N) is 1. The number of hydrogen-bond donors (Lipinski definition) is 1. The molecule has 12 heavy (non-hydrogen) atoms. The van der Waals surface area contributed by atoms with E-state index in [0.717, 1.165) is 12.8 Å². The number of allylic oxidation sites excluding steroid dienone is 1. The van der Waals surface area contributed by atoms with Crippen molar-refractivity contribution < 1.29 is 0 Å². The summed E-state index contributed by atoms with van der Waals surface area (Å²) in [6, 6.07) is 2.54. The Balaban J connectivity index is 2.26. The van der Waals surface area contributed by atoms with Crippen LogP contribution in [0, 0.1) is 6.92 Å². The number of thiophene rings is 1. The molecule has 1 aromatic heterocycles. The third kappa shape index (κ3) is 1.45. The highest BCUT2D eigenvalue weighted by atomic mass is 32.1. The molecule has 1 unspecified atom stereocenters. The maximum Gasteiger partial charge on any atom is 0.0232 e. The van der Waals surface area contributed by atoms with Crippen LogP contribution in [0.25, 0.3) is 5.57 Å². The lowest BCUT2D eigenvalue weighted by molar-refractivity contribution is 0.782. The zero-order chi connectivity index (χ0) is 8.55. The van der Waals surface area contributed by atoms with Crippen molar-refractivity contribution in [1.29, 1.82) is 0 Å². The molecule has 0 saturated heterocycles. The van der Waals surface area contributed by atoms with Gasteiger partial charge in [0.2, 0.25) is 0 Å². The van der Waals surface area contributed by atoms with Gasteiger partial charge in [-0.1, -0.05) is 6.08 Å². The molecule has 1 atom stereocenters. The molecule has 1 aliphatic rings. The maximum absolute atomic E-state index is 5.80. The summed E-state index contributed by atoms with van der Waals surface area (Å²) in [6.45, 7) is 2.14. The van der Waals surface area contributed by atoms with E-state index < -0.39 is 0 Å². The second kappa shape index (κ2) is 3.04. The van der Waals surface area contributed by atoms with Crippen LogP contribution in [0.5, 0.6) is 0 Å². The zero-order valence-corrected chi connectivity index (χ0v) is 8.03. The molecular weight excluding hydrogens is 166 g/mol. The van der Waals surface area contributed by atoms with Crippen LogP contribution < -0.4 is 5.73 Å². The fourth-order valence-electron chi connectivity index (χ4n) is 1.60. The molecule has 0 bridgehead atoms. The Morgan fingerprint density at radius 1 is 1.58 bits per heavy atom.